The van der Waals surface area contributed by atoms with E-state index in [0.717, 1.165) is 5.52 Å². The number of carbonyl (C=O) groups excluding carboxylic acids is 1. The van der Waals surface area contributed by atoms with Crippen molar-refractivity contribution in [1.82, 2.24) is 9.97 Å². The Morgan fingerprint density at radius 2 is 2.17 bits per heavy atom. The molecule has 23 heavy (non-hydrogen) atoms. The summed E-state index contributed by atoms with van der Waals surface area (Å²) in [5.41, 5.74) is 1.37. The number of aliphatic hydroxyl groups excluding tert-OH is 1. The highest BCUT2D eigenvalue weighted by Crippen LogP contribution is 2.19. The number of nitrogens with one attached hydrogen (secondary N) is 1. The molecule has 7 heteroatoms. The van der Waals surface area contributed by atoms with Crippen LogP contribution in [0.25, 0.3) is 16.6 Å². The molecule has 3 rings (SSSR count). The van der Waals surface area contributed by atoms with Gasteiger partial charge in [0, 0.05) is 0 Å². The van der Waals surface area contributed by atoms with E-state index in [4.69, 9.17) is 4.74 Å². The molecule has 1 aromatic carbocycles. The number of benzene rings is 1. The number of allylic oxidation sites excluding steroid dienone is 1. The largest absolute Gasteiger partial charge is 0.507 e. The molecule has 2 aromatic heterocycles. The fourth-order valence-corrected chi connectivity index (χ4v) is 2.61. The van der Waals surface area contributed by atoms with Crippen molar-refractivity contribution in [2.75, 3.05) is 6.61 Å². The number of nitrogens with zero attached hydrogens (tertiary/aromatic N) is 2. The molecule has 0 aliphatic heterocycles. The van der Waals surface area contributed by atoms with Gasteiger partial charge >= 0.3 is 5.97 Å². The molecule has 0 radical (unpaired) electrons. The fraction of sp³-hybridized carbons (Fsp3) is 0.0625. The summed E-state index contributed by atoms with van der Waals surface area (Å²) < 4.78 is 5.00. The molecule has 0 bridgehead atoms. The lowest BCUT2D eigenvalue weighted by atomic mass is 10.2. The van der Waals surface area contributed by atoms with Crippen LogP contribution >= 0.6 is 11.3 Å². The number of aromatic nitrogens is 2. The standard InChI is InChI=1S/C16H11N3O3S/c17-8-10(15-18-11-4-1-2-5-12(11)19-15)13(20)9-22-16(21)14-6-3-7-23-14/h1-7,20H,9H2,(H,18,19)/b13-10+. The SMILES string of the molecule is N#C/C(=C(\O)COC(=O)c1cccs1)c1nc2ccccc2[nH]1. The van der Waals surface area contributed by atoms with Gasteiger partial charge in [-0.15, -0.1) is 11.3 Å². The monoisotopic (exact) mass is 325 g/mol. The van der Waals surface area contributed by atoms with E-state index in [2.05, 4.69) is 9.97 Å². The molecule has 0 amide bonds. The van der Waals surface area contributed by atoms with E-state index in [1.54, 1.807) is 23.6 Å². The molecule has 3 aromatic rings. The summed E-state index contributed by atoms with van der Waals surface area (Å²) in [6, 6.07) is 12.5. The number of hydrogen-bond acceptors (Lipinski definition) is 6. The minimum Gasteiger partial charge on any atom is -0.507 e. The number of rotatable bonds is 4. The molecule has 0 aliphatic carbocycles. The van der Waals surface area contributed by atoms with E-state index in [1.165, 1.54) is 11.3 Å². The number of fused-ring (bicyclic) bond motifs is 1. The summed E-state index contributed by atoms with van der Waals surface area (Å²) in [4.78, 5) is 19.4. The fourth-order valence-electron chi connectivity index (χ4n) is 2.00. The summed E-state index contributed by atoms with van der Waals surface area (Å²) >= 11 is 1.24. The van der Waals surface area contributed by atoms with Gasteiger partial charge in [-0.05, 0) is 23.6 Å². The highest BCUT2D eigenvalue weighted by Gasteiger charge is 2.15. The maximum Gasteiger partial charge on any atom is 0.348 e. The first-order valence-corrected chi connectivity index (χ1v) is 7.55. The number of esters is 1. The number of aliphatic hydroxyl groups is 1. The Hall–Kier alpha value is -3.11. The Bertz CT molecular complexity index is 887. The first-order chi connectivity index (χ1) is 11.2. The van der Waals surface area contributed by atoms with Gasteiger partial charge in [-0.25, -0.2) is 9.78 Å². The van der Waals surface area contributed by atoms with Crippen molar-refractivity contribution in [3.63, 3.8) is 0 Å². The van der Waals surface area contributed by atoms with E-state index in [0.29, 0.717) is 10.4 Å². The number of hydrogen-bond donors (Lipinski definition) is 2. The molecule has 2 heterocycles. The lowest BCUT2D eigenvalue weighted by Gasteiger charge is -2.04. The summed E-state index contributed by atoms with van der Waals surface area (Å²) in [6.07, 6.45) is 0. The Morgan fingerprint density at radius 3 is 2.87 bits per heavy atom. The van der Waals surface area contributed by atoms with Crippen LogP contribution in [0.2, 0.25) is 0 Å². The Morgan fingerprint density at radius 1 is 1.35 bits per heavy atom. The van der Waals surface area contributed by atoms with Crippen molar-refractivity contribution in [1.29, 1.82) is 5.26 Å². The molecule has 0 unspecified atom stereocenters. The predicted octanol–water partition coefficient (Wildman–Crippen LogP) is 3.27. The lowest BCUT2D eigenvalue weighted by molar-refractivity contribution is 0.0508. The molecular weight excluding hydrogens is 314 g/mol. The summed E-state index contributed by atoms with van der Waals surface area (Å²) in [5.74, 6) is -0.664. The van der Waals surface area contributed by atoms with E-state index >= 15 is 0 Å². The molecule has 114 valence electrons. The third-order valence-electron chi connectivity index (χ3n) is 3.09. The molecule has 0 saturated carbocycles. The van der Waals surface area contributed by atoms with E-state index < -0.39 is 12.6 Å². The van der Waals surface area contributed by atoms with Crippen LogP contribution in [0.15, 0.2) is 47.5 Å². The van der Waals surface area contributed by atoms with Gasteiger partial charge < -0.3 is 14.8 Å². The molecule has 2 N–H and O–H groups in total. The number of nitriles is 1. The van der Waals surface area contributed by atoms with Crippen molar-refractivity contribution >= 4 is 33.9 Å². The van der Waals surface area contributed by atoms with Crippen molar-refractivity contribution in [2.45, 2.75) is 0 Å². The van der Waals surface area contributed by atoms with Gasteiger partial charge in [0.2, 0.25) is 0 Å². The summed E-state index contributed by atoms with van der Waals surface area (Å²) in [7, 11) is 0. The van der Waals surface area contributed by atoms with Gasteiger partial charge in [0.25, 0.3) is 0 Å². The second-order valence-corrected chi connectivity index (χ2v) is 5.54. The number of H-pyrrole nitrogens is 1. The van der Waals surface area contributed by atoms with Crippen molar-refractivity contribution in [3.05, 3.63) is 58.2 Å². The zero-order valence-electron chi connectivity index (χ0n) is 11.8. The third-order valence-corrected chi connectivity index (χ3v) is 3.94. The van der Waals surface area contributed by atoms with Gasteiger partial charge in [0.15, 0.2) is 11.6 Å². The number of para-hydroxylation sites is 2. The smallest absolute Gasteiger partial charge is 0.348 e. The van der Waals surface area contributed by atoms with Gasteiger partial charge in [0.1, 0.15) is 23.1 Å². The van der Waals surface area contributed by atoms with Gasteiger partial charge in [-0.3, -0.25) is 0 Å². The van der Waals surface area contributed by atoms with Crippen molar-refractivity contribution in [3.8, 4) is 6.07 Å². The molecule has 6 nitrogen and oxygen atoms in total. The third kappa shape index (κ3) is 3.07. The maximum atomic E-state index is 11.7. The normalized spacial score (nSPS) is 11.8. The van der Waals surface area contributed by atoms with Crippen molar-refractivity contribution < 1.29 is 14.6 Å². The van der Waals surface area contributed by atoms with Gasteiger partial charge in [-0.1, -0.05) is 18.2 Å². The number of thiophene rings is 1. The zero-order valence-corrected chi connectivity index (χ0v) is 12.6. The van der Waals surface area contributed by atoms with Crippen LogP contribution in [0.5, 0.6) is 0 Å². The zero-order chi connectivity index (χ0) is 16.2. The highest BCUT2D eigenvalue weighted by atomic mass is 32.1. The Labute approximate surface area is 135 Å². The number of imidazole rings is 1. The van der Waals surface area contributed by atoms with Crippen LogP contribution < -0.4 is 0 Å². The Balaban J connectivity index is 1.82. The van der Waals surface area contributed by atoms with E-state index in [-0.39, 0.29) is 17.2 Å². The molecule has 0 spiro atoms. The van der Waals surface area contributed by atoms with Crippen LogP contribution in [0.4, 0.5) is 0 Å². The first-order valence-electron chi connectivity index (χ1n) is 6.67. The second-order valence-electron chi connectivity index (χ2n) is 4.59. The molecule has 0 fully saturated rings. The predicted molar refractivity (Wildman–Crippen MR) is 85.9 cm³/mol. The number of ether oxygens (including phenoxy) is 1. The minimum atomic E-state index is -0.548. The van der Waals surface area contributed by atoms with Gasteiger partial charge in [-0.2, -0.15) is 5.26 Å². The van der Waals surface area contributed by atoms with Crippen LogP contribution in [-0.2, 0) is 4.74 Å². The van der Waals surface area contributed by atoms with Crippen LogP contribution in [0.3, 0.4) is 0 Å². The highest BCUT2D eigenvalue weighted by molar-refractivity contribution is 7.11. The van der Waals surface area contributed by atoms with Crippen LogP contribution in [-0.4, -0.2) is 27.7 Å². The van der Waals surface area contributed by atoms with Crippen LogP contribution in [0.1, 0.15) is 15.5 Å². The number of carbonyl (C=O) groups is 1. The second kappa shape index (κ2) is 6.34. The average molecular weight is 325 g/mol. The number of aromatic amines is 1. The average Bonchev–Trinajstić information content (AvgIpc) is 3.22. The quantitative estimate of drug-likeness (QED) is 0.436. The topological polar surface area (TPSA) is 99.0 Å². The lowest BCUT2D eigenvalue weighted by Crippen LogP contribution is -2.08. The molecular formula is C16H11N3O3S. The maximum absolute atomic E-state index is 11.7. The molecule has 0 saturated heterocycles. The van der Waals surface area contributed by atoms with E-state index in [9.17, 15) is 15.2 Å². The first kappa shape index (κ1) is 14.8. The molecule has 0 aliphatic rings. The van der Waals surface area contributed by atoms with Gasteiger partial charge in [0.05, 0.1) is 11.0 Å². The Kier molecular flexibility index (Phi) is 4.08. The molecule has 0 atom stereocenters. The van der Waals surface area contributed by atoms with E-state index in [1.807, 2.05) is 24.3 Å². The summed E-state index contributed by atoms with van der Waals surface area (Å²) in [6.45, 7) is -0.392. The summed E-state index contributed by atoms with van der Waals surface area (Å²) in [5, 5.41) is 21.1. The van der Waals surface area contributed by atoms with Crippen molar-refractivity contribution in [2.24, 2.45) is 0 Å². The minimum absolute atomic E-state index is 0.0554. The van der Waals surface area contributed by atoms with Crippen LogP contribution in [0, 0.1) is 11.3 Å².